The summed E-state index contributed by atoms with van der Waals surface area (Å²) in [6.07, 6.45) is 3.51. The minimum Gasteiger partial charge on any atom is -0.464 e. The standard InChI is InChI=1S/C10H9BrN2O2/c1-6-5-13-8(10(14)15-2)3-7(11)9(13)4-12-6/h3-5H,1-2H3. The number of rotatable bonds is 1. The van der Waals surface area contributed by atoms with Crippen LogP contribution in [0.2, 0.25) is 0 Å². The van der Waals surface area contributed by atoms with Gasteiger partial charge < -0.3 is 9.14 Å². The number of esters is 1. The van der Waals surface area contributed by atoms with Crippen LogP contribution in [-0.4, -0.2) is 22.5 Å². The molecular formula is C10H9BrN2O2. The molecule has 4 nitrogen and oxygen atoms in total. The van der Waals surface area contributed by atoms with Gasteiger partial charge in [-0.25, -0.2) is 4.79 Å². The predicted molar refractivity (Wildman–Crippen MR) is 59.0 cm³/mol. The third kappa shape index (κ3) is 1.63. The van der Waals surface area contributed by atoms with Crippen molar-refractivity contribution in [2.45, 2.75) is 6.92 Å². The van der Waals surface area contributed by atoms with Gasteiger partial charge in [-0.2, -0.15) is 0 Å². The molecule has 0 bridgehead atoms. The zero-order valence-electron chi connectivity index (χ0n) is 8.32. The maximum atomic E-state index is 11.5. The predicted octanol–water partition coefficient (Wildman–Crippen LogP) is 2.19. The number of ether oxygens (including phenoxy) is 1. The van der Waals surface area contributed by atoms with Gasteiger partial charge in [0.2, 0.25) is 0 Å². The van der Waals surface area contributed by atoms with Crippen molar-refractivity contribution in [3.05, 3.63) is 34.3 Å². The summed E-state index contributed by atoms with van der Waals surface area (Å²) in [6.45, 7) is 1.87. The number of halogens is 1. The largest absolute Gasteiger partial charge is 0.464 e. The summed E-state index contributed by atoms with van der Waals surface area (Å²) in [4.78, 5) is 15.6. The summed E-state index contributed by atoms with van der Waals surface area (Å²) in [5.41, 5.74) is 2.18. The molecule has 0 saturated heterocycles. The van der Waals surface area contributed by atoms with Crippen molar-refractivity contribution in [1.29, 1.82) is 0 Å². The summed E-state index contributed by atoms with van der Waals surface area (Å²) in [7, 11) is 1.36. The first-order valence-electron chi connectivity index (χ1n) is 4.35. The molecule has 2 aromatic heterocycles. The van der Waals surface area contributed by atoms with E-state index in [1.807, 2.05) is 6.92 Å². The topological polar surface area (TPSA) is 43.6 Å². The molecule has 0 radical (unpaired) electrons. The minimum absolute atomic E-state index is 0.360. The van der Waals surface area contributed by atoms with Crippen LogP contribution in [-0.2, 0) is 4.74 Å². The molecule has 2 heterocycles. The van der Waals surface area contributed by atoms with E-state index in [0.717, 1.165) is 15.7 Å². The Labute approximate surface area is 95.0 Å². The van der Waals surface area contributed by atoms with Crippen LogP contribution < -0.4 is 0 Å². The van der Waals surface area contributed by atoms with Gasteiger partial charge in [0.15, 0.2) is 0 Å². The van der Waals surface area contributed by atoms with E-state index in [-0.39, 0.29) is 5.97 Å². The Bertz CT molecular complexity index is 533. The van der Waals surface area contributed by atoms with Crippen LogP contribution in [0.4, 0.5) is 0 Å². The number of aryl methyl sites for hydroxylation is 1. The van der Waals surface area contributed by atoms with Crippen LogP contribution in [0.1, 0.15) is 16.2 Å². The number of aromatic nitrogens is 2. The van der Waals surface area contributed by atoms with Gasteiger partial charge in [-0.15, -0.1) is 0 Å². The Morgan fingerprint density at radius 1 is 1.60 bits per heavy atom. The van der Waals surface area contributed by atoms with Crippen molar-refractivity contribution < 1.29 is 9.53 Å². The lowest BCUT2D eigenvalue weighted by atomic mass is 10.4. The quantitative estimate of drug-likeness (QED) is 0.745. The molecule has 0 aliphatic carbocycles. The van der Waals surface area contributed by atoms with Crippen molar-refractivity contribution >= 4 is 27.4 Å². The average Bonchev–Trinajstić information content (AvgIpc) is 2.54. The third-order valence-corrected chi connectivity index (χ3v) is 2.76. The molecule has 0 spiro atoms. The van der Waals surface area contributed by atoms with E-state index < -0.39 is 0 Å². The summed E-state index contributed by atoms with van der Waals surface area (Å²) in [5.74, 6) is -0.360. The maximum absolute atomic E-state index is 11.5. The van der Waals surface area contributed by atoms with E-state index in [9.17, 15) is 4.79 Å². The normalized spacial score (nSPS) is 10.6. The van der Waals surface area contributed by atoms with Crippen LogP contribution >= 0.6 is 15.9 Å². The van der Waals surface area contributed by atoms with E-state index in [2.05, 4.69) is 20.9 Å². The number of fused-ring (bicyclic) bond motifs is 1. The number of carbonyl (C=O) groups is 1. The molecular weight excluding hydrogens is 260 g/mol. The Morgan fingerprint density at radius 3 is 3.00 bits per heavy atom. The Hall–Kier alpha value is -1.36. The van der Waals surface area contributed by atoms with Crippen LogP contribution in [0.3, 0.4) is 0 Å². The van der Waals surface area contributed by atoms with Crippen LogP contribution in [0.25, 0.3) is 5.52 Å². The highest BCUT2D eigenvalue weighted by atomic mass is 79.9. The molecule has 0 aliphatic heterocycles. The molecule has 0 saturated carbocycles. The van der Waals surface area contributed by atoms with Crippen LogP contribution in [0, 0.1) is 6.92 Å². The highest BCUT2D eigenvalue weighted by Gasteiger charge is 2.14. The van der Waals surface area contributed by atoms with Gasteiger partial charge in [0.25, 0.3) is 0 Å². The number of methoxy groups -OCH3 is 1. The first kappa shape index (κ1) is 10.2. The highest BCUT2D eigenvalue weighted by Crippen LogP contribution is 2.22. The Kier molecular flexibility index (Phi) is 2.48. The van der Waals surface area contributed by atoms with Crippen LogP contribution in [0.5, 0.6) is 0 Å². The molecule has 2 aromatic rings. The smallest absolute Gasteiger partial charge is 0.355 e. The summed E-state index contributed by atoms with van der Waals surface area (Å²) in [6, 6.07) is 1.72. The van der Waals surface area contributed by atoms with Crippen molar-refractivity contribution in [3.8, 4) is 0 Å². The molecule has 78 valence electrons. The fraction of sp³-hybridized carbons (Fsp3) is 0.200. The van der Waals surface area contributed by atoms with E-state index >= 15 is 0 Å². The van der Waals surface area contributed by atoms with Crippen molar-refractivity contribution in [3.63, 3.8) is 0 Å². The fourth-order valence-electron chi connectivity index (χ4n) is 1.42. The molecule has 0 unspecified atom stereocenters. The molecule has 0 atom stereocenters. The van der Waals surface area contributed by atoms with Crippen molar-refractivity contribution in [1.82, 2.24) is 9.38 Å². The van der Waals surface area contributed by atoms with E-state index in [0.29, 0.717) is 5.69 Å². The van der Waals surface area contributed by atoms with E-state index in [1.165, 1.54) is 7.11 Å². The maximum Gasteiger partial charge on any atom is 0.355 e. The van der Waals surface area contributed by atoms with Gasteiger partial charge in [-0.05, 0) is 28.9 Å². The second-order valence-corrected chi connectivity index (χ2v) is 4.01. The highest BCUT2D eigenvalue weighted by molar-refractivity contribution is 9.10. The second kappa shape index (κ2) is 3.66. The van der Waals surface area contributed by atoms with Crippen LogP contribution in [0.15, 0.2) is 22.9 Å². The fourth-order valence-corrected chi connectivity index (χ4v) is 1.93. The number of hydrogen-bond acceptors (Lipinski definition) is 3. The molecule has 0 N–H and O–H groups in total. The minimum atomic E-state index is -0.360. The van der Waals surface area contributed by atoms with E-state index in [4.69, 9.17) is 4.74 Å². The molecule has 5 heteroatoms. The van der Waals surface area contributed by atoms with Crippen molar-refractivity contribution in [2.24, 2.45) is 0 Å². The summed E-state index contributed by atoms with van der Waals surface area (Å²) >= 11 is 3.37. The Morgan fingerprint density at radius 2 is 2.33 bits per heavy atom. The molecule has 15 heavy (non-hydrogen) atoms. The average molecular weight is 269 g/mol. The van der Waals surface area contributed by atoms with Crippen molar-refractivity contribution in [2.75, 3.05) is 7.11 Å². The SMILES string of the molecule is COC(=O)c1cc(Br)c2cnc(C)cn12. The summed E-state index contributed by atoms with van der Waals surface area (Å²) in [5, 5.41) is 0. The molecule has 0 aromatic carbocycles. The molecule has 0 amide bonds. The third-order valence-electron chi connectivity index (χ3n) is 2.13. The zero-order valence-corrected chi connectivity index (χ0v) is 9.91. The first-order valence-corrected chi connectivity index (χ1v) is 5.14. The first-order chi connectivity index (χ1) is 7.13. The summed E-state index contributed by atoms with van der Waals surface area (Å²) < 4.78 is 7.29. The zero-order chi connectivity index (χ0) is 11.0. The van der Waals surface area contributed by atoms with Gasteiger partial charge in [0.1, 0.15) is 5.69 Å². The van der Waals surface area contributed by atoms with Gasteiger partial charge in [0, 0.05) is 10.7 Å². The molecule has 2 rings (SSSR count). The Balaban J connectivity index is 2.75. The lowest BCUT2D eigenvalue weighted by Crippen LogP contribution is -2.05. The number of carbonyl (C=O) groups excluding carboxylic acids is 1. The van der Waals surface area contributed by atoms with Gasteiger partial charge in [0.05, 0.1) is 24.5 Å². The van der Waals surface area contributed by atoms with Gasteiger partial charge in [-0.1, -0.05) is 0 Å². The number of nitrogens with zero attached hydrogens (tertiary/aromatic N) is 2. The van der Waals surface area contributed by atoms with Gasteiger partial charge in [-0.3, -0.25) is 4.98 Å². The second-order valence-electron chi connectivity index (χ2n) is 3.15. The lowest BCUT2D eigenvalue weighted by molar-refractivity contribution is 0.0593. The monoisotopic (exact) mass is 268 g/mol. The lowest BCUT2D eigenvalue weighted by Gasteiger charge is -2.01. The number of hydrogen-bond donors (Lipinski definition) is 0. The van der Waals surface area contributed by atoms with E-state index in [1.54, 1.807) is 22.9 Å². The molecule has 0 fully saturated rings. The van der Waals surface area contributed by atoms with Gasteiger partial charge >= 0.3 is 5.97 Å². The molecule has 0 aliphatic rings.